The van der Waals surface area contributed by atoms with Gasteiger partial charge in [-0.3, -0.25) is 5.10 Å². The van der Waals surface area contributed by atoms with Crippen LogP contribution in [0.25, 0.3) is 0 Å². The van der Waals surface area contributed by atoms with Crippen LogP contribution < -0.4 is 0 Å². The number of nitrogens with one attached hydrogen (secondary N) is 1. The van der Waals surface area contributed by atoms with E-state index in [4.69, 9.17) is 0 Å². The Labute approximate surface area is 97.6 Å². The van der Waals surface area contributed by atoms with Crippen molar-refractivity contribution in [3.63, 3.8) is 0 Å². The maximum absolute atomic E-state index is 12.9. The van der Waals surface area contributed by atoms with E-state index in [1.54, 1.807) is 0 Å². The van der Waals surface area contributed by atoms with E-state index in [1.807, 2.05) is 0 Å². The second-order valence-electron chi connectivity index (χ2n) is 6.00. The van der Waals surface area contributed by atoms with E-state index in [1.165, 1.54) is 0 Å². The number of fused-ring (bicyclic) bond motifs is 5. The van der Waals surface area contributed by atoms with Crippen molar-refractivity contribution in [2.24, 2.45) is 5.41 Å². The van der Waals surface area contributed by atoms with E-state index in [0.717, 1.165) is 12.8 Å². The fourth-order valence-corrected chi connectivity index (χ4v) is 3.78. The summed E-state index contributed by atoms with van der Waals surface area (Å²) in [6.45, 7) is 6.19. The van der Waals surface area contributed by atoms with Crippen LogP contribution in [0.2, 0.25) is 0 Å². The lowest BCUT2D eigenvalue weighted by atomic mass is 9.70. The van der Waals surface area contributed by atoms with Crippen molar-refractivity contribution in [2.45, 2.75) is 51.1 Å². The highest BCUT2D eigenvalue weighted by Crippen LogP contribution is 2.68. The van der Waals surface area contributed by atoms with E-state index in [2.05, 4.69) is 31.0 Å². The molecule has 0 aromatic carbocycles. The molecule has 0 unspecified atom stereocenters. The minimum atomic E-state index is -4.35. The number of aromatic nitrogens is 2. The average Bonchev–Trinajstić information content (AvgIpc) is 2.73. The first-order valence-corrected chi connectivity index (χ1v) is 5.85. The van der Waals surface area contributed by atoms with Gasteiger partial charge >= 0.3 is 6.18 Å². The highest BCUT2D eigenvalue weighted by Gasteiger charge is 2.63. The molecule has 0 spiro atoms. The second kappa shape index (κ2) is 2.70. The third-order valence-electron chi connectivity index (χ3n) is 5.20. The van der Waals surface area contributed by atoms with Crippen molar-refractivity contribution in [3.8, 4) is 0 Å². The Kier molecular flexibility index (Phi) is 1.76. The number of nitrogens with zero attached hydrogens (tertiary/aromatic N) is 1. The predicted octanol–water partition coefficient (Wildman–Crippen LogP) is 3.60. The number of rotatable bonds is 0. The van der Waals surface area contributed by atoms with Crippen molar-refractivity contribution >= 4 is 0 Å². The molecule has 2 aliphatic rings. The van der Waals surface area contributed by atoms with Gasteiger partial charge in [-0.2, -0.15) is 18.3 Å². The molecule has 1 heterocycles. The third-order valence-corrected chi connectivity index (χ3v) is 5.20. The summed E-state index contributed by atoms with van der Waals surface area (Å²) in [6, 6.07) is 0. The molecule has 5 heteroatoms. The van der Waals surface area contributed by atoms with Crippen molar-refractivity contribution in [1.29, 1.82) is 0 Å². The molecule has 2 bridgehead atoms. The minimum absolute atomic E-state index is 0.0159. The molecule has 0 saturated heterocycles. The summed E-state index contributed by atoms with van der Waals surface area (Å²) in [7, 11) is 0. The van der Waals surface area contributed by atoms with Crippen LogP contribution in [0, 0.1) is 5.41 Å². The first kappa shape index (κ1) is 11.1. The van der Waals surface area contributed by atoms with Gasteiger partial charge in [-0.1, -0.05) is 20.8 Å². The molecule has 1 fully saturated rings. The van der Waals surface area contributed by atoms with Gasteiger partial charge in [0.05, 0.1) is 0 Å². The molecule has 3 rings (SSSR count). The van der Waals surface area contributed by atoms with Gasteiger partial charge in [-0.25, -0.2) is 0 Å². The predicted molar refractivity (Wildman–Crippen MR) is 56.7 cm³/mol. The lowest BCUT2D eigenvalue weighted by molar-refractivity contribution is -0.142. The van der Waals surface area contributed by atoms with Crippen LogP contribution in [0.5, 0.6) is 0 Å². The first-order chi connectivity index (χ1) is 7.69. The third kappa shape index (κ3) is 1.06. The number of aromatic amines is 1. The van der Waals surface area contributed by atoms with Crippen molar-refractivity contribution in [3.05, 3.63) is 17.0 Å². The average molecular weight is 244 g/mol. The second-order valence-corrected chi connectivity index (χ2v) is 6.00. The largest absolute Gasteiger partial charge is 0.435 e. The van der Waals surface area contributed by atoms with E-state index in [-0.39, 0.29) is 16.7 Å². The smallest absolute Gasteiger partial charge is 0.281 e. The number of H-pyrrole nitrogens is 1. The molecule has 0 aliphatic heterocycles. The monoisotopic (exact) mass is 244 g/mol. The summed E-state index contributed by atoms with van der Waals surface area (Å²) in [4.78, 5) is 0. The van der Waals surface area contributed by atoms with Gasteiger partial charge in [0.2, 0.25) is 0 Å². The van der Waals surface area contributed by atoms with Gasteiger partial charge < -0.3 is 0 Å². The SMILES string of the molecule is CC1(C)[C@H]2CC[C@@]1(C)c1[nH]nc(C(F)(F)F)c12. The molecule has 2 aliphatic carbocycles. The fourth-order valence-electron chi connectivity index (χ4n) is 3.78. The Morgan fingerprint density at radius 2 is 1.94 bits per heavy atom. The summed E-state index contributed by atoms with van der Waals surface area (Å²) < 4.78 is 38.7. The van der Waals surface area contributed by atoms with Crippen LogP contribution in [0.3, 0.4) is 0 Å². The van der Waals surface area contributed by atoms with E-state index in [0.29, 0.717) is 11.3 Å². The molecule has 1 N–H and O–H groups in total. The molecule has 17 heavy (non-hydrogen) atoms. The van der Waals surface area contributed by atoms with Crippen LogP contribution in [-0.2, 0) is 11.6 Å². The van der Waals surface area contributed by atoms with E-state index < -0.39 is 11.9 Å². The molecular formula is C12H15F3N2. The zero-order valence-corrected chi connectivity index (χ0v) is 10.1. The molecule has 1 aromatic heterocycles. The topological polar surface area (TPSA) is 28.7 Å². The van der Waals surface area contributed by atoms with Crippen LogP contribution in [0.15, 0.2) is 0 Å². The summed E-state index contributed by atoms with van der Waals surface area (Å²) in [5.74, 6) is -0.0159. The highest BCUT2D eigenvalue weighted by molar-refractivity contribution is 5.48. The van der Waals surface area contributed by atoms with Gasteiger partial charge in [0.1, 0.15) is 0 Å². The maximum Gasteiger partial charge on any atom is 0.435 e. The number of hydrogen-bond donors (Lipinski definition) is 1. The summed E-state index contributed by atoms with van der Waals surface area (Å²) in [6.07, 6.45) is -2.57. The number of hydrogen-bond acceptors (Lipinski definition) is 1. The maximum atomic E-state index is 12.9. The Morgan fingerprint density at radius 1 is 1.29 bits per heavy atom. The van der Waals surface area contributed by atoms with Crippen LogP contribution in [-0.4, -0.2) is 10.2 Å². The lowest BCUT2D eigenvalue weighted by Gasteiger charge is -2.34. The van der Waals surface area contributed by atoms with Crippen LogP contribution in [0.1, 0.15) is 56.5 Å². The molecule has 2 nitrogen and oxygen atoms in total. The summed E-state index contributed by atoms with van der Waals surface area (Å²) in [5.41, 5.74) is 0.136. The standard InChI is InChI=1S/C12H15F3N2/c1-10(2)6-4-5-11(10,3)8-7(6)9(17-16-8)12(13,14)15/h6H,4-5H2,1-3H3,(H,16,17)/t6-,11-/m0/s1. The Balaban J connectivity index is 2.24. The molecule has 0 amide bonds. The zero-order valence-electron chi connectivity index (χ0n) is 10.1. The molecule has 1 aromatic rings. The van der Waals surface area contributed by atoms with Gasteiger partial charge in [0.15, 0.2) is 5.69 Å². The van der Waals surface area contributed by atoms with Gasteiger partial charge in [0.25, 0.3) is 0 Å². The highest BCUT2D eigenvalue weighted by atomic mass is 19.4. The van der Waals surface area contributed by atoms with Crippen molar-refractivity contribution in [1.82, 2.24) is 10.2 Å². The van der Waals surface area contributed by atoms with Crippen LogP contribution in [0.4, 0.5) is 13.2 Å². The van der Waals surface area contributed by atoms with Gasteiger partial charge in [-0.05, 0) is 24.2 Å². The molecule has 94 valence electrons. The van der Waals surface area contributed by atoms with Gasteiger partial charge in [-0.15, -0.1) is 0 Å². The molecular weight excluding hydrogens is 229 g/mol. The quantitative estimate of drug-likeness (QED) is 0.742. The first-order valence-electron chi connectivity index (χ1n) is 5.85. The number of halogens is 3. The minimum Gasteiger partial charge on any atom is -0.281 e. The molecule has 0 radical (unpaired) electrons. The van der Waals surface area contributed by atoms with Crippen molar-refractivity contribution < 1.29 is 13.2 Å². The Morgan fingerprint density at radius 3 is 2.53 bits per heavy atom. The zero-order chi connectivity index (χ0) is 12.6. The van der Waals surface area contributed by atoms with Crippen LogP contribution >= 0.6 is 0 Å². The Bertz CT molecular complexity index is 486. The summed E-state index contributed by atoms with van der Waals surface area (Å²) >= 11 is 0. The van der Waals surface area contributed by atoms with Crippen molar-refractivity contribution in [2.75, 3.05) is 0 Å². The normalized spacial score (nSPS) is 34.1. The summed E-state index contributed by atoms with van der Waals surface area (Å²) in [5, 5.41) is 6.16. The molecule has 1 saturated carbocycles. The molecule has 2 atom stereocenters. The number of alkyl halides is 3. The van der Waals surface area contributed by atoms with E-state index >= 15 is 0 Å². The van der Waals surface area contributed by atoms with Gasteiger partial charge in [0, 0.05) is 16.7 Å². The lowest BCUT2D eigenvalue weighted by Crippen LogP contribution is -2.32. The van der Waals surface area contributed by atoms with E-state index in [9.17, 15) is 13.2 Å². The Hall–Kier alpha value is -1.00. The fraction of sp³-hybridized carbons (Fsp3) is 0.750.